The normalized spacial score (nSPS) is 11.5. The number of rotatable bonds is 6. The molecule has 0 heterocycles. The lowest BCUT2D eigenvalue weighted by atomic mass is 10.3. The zero-order chi connectivity index (χ0) is 12.9. The first-order valence-electron chi connectivity index (χ1n) is 4.83. The maximum atomic E-state index is 11.9. The van der Waals surface area contributed by atoms with E-state index >= 15 is 0 Å². The molecule has 0 saturated carbocycles. The van der Waals surface area contributed by atoms with Gasteiger partial charge in [-0.25, -0.2) is 13.1 Å². The second kappa shape index (κ2) is 6.20. The van der Waals surface area contributed by atoms with Gasteiger partial charge in [-0.3, -0.25) is 0 Å². The molecule has 0 aliphatic heterocycles. The molecule has 96 valence electrons. The van der Waals surface area contributed by atoms with E-state index in [-0.39, 0.29) is 17.2 Å². The minimum absolute atomic E-state index is 0.0172. The number of benzene rings is 1. The van der Waals surface area contributed by atoms with E-state index in [9.17, 15) is 8.42 Å². The molecule has 0 aliphatic carbocycles. The lowest BCUT2D eigenvalue weighted by molar-refractivity contribution is 0.204. The van der Waals surface area contributed by atoms with Gasteiger partial charge in [0, 0.05) is 18.7 Å². The molecule has 0 amide bonds. The molecule has 1 rings (SSSR count). The van der Waals surface area contributed by atoms with Crippen LogP contribution >= 0.6 is 11.6 Å². The summed E-state index contributed by atoms with van der Waals surface area (Å²) in [6, 6.07) is 4.41. The summed E-state index contributed by atoms with van der Waals surface area (Å²) in [5.74, 6) is 0.249. The van der Waals surface area contributed by atoms with Crippen molar-refractivity contribution in [2.75, 3.05) is 27.4 Å². The van der Waals surface area contributed by atoms with Gasteiger partial charge in [-0.05, 0) is 18.2 Å². The van der Waals surface area contributed by atoms with E-state index < -0.39 is 10.0 Å². The zero-order valence-electron chi connectivity index (χ0n) is 9.57. The Bertz CT molecular complexity index is 475. The molecule has 0 atom stereocenters. The summed E-state index contributed by atoms with van der Waals surface area (Å²) < 4.78 is 36.0. The van der Waals surface area contributed by atoms with E-state index in [1.54, 1.807) is 6.07 Å². The van der Waals surface area contributed by atoms with Crippen LogP contribution in [0.2, 0.25) is 5.02 Å². The highest BCUT2D eigenvalue weighted by Gasteiger charge is 2.19. The third kappa shape index (κ3) is 3.85. The number of hydrogen-bond acceptors (Lipinski definition) is 4. The number of halogens is 1. The predicted octanol–water partition coefficient (Wildman–Crippen LogP) is 1.27. The van der Waals surface area contributed by atoms with E-state index in [0.29, 0.717) is 11.6 Å². The highest BCUT2D eigenvalue weighted by molar-refractivity contribution is 7.89. The highest BCUT2D eigenvalue weighted by Crippen LogP contribution is 2.26. The van der Waals surface area contributed by atoms with Crippen molar-refractivity contribution < 1.29 is 17.9 Å². The molecular weight excluding hydrogens is 266 g/mol. The molecule has 0 aliphatic rings. The number of nitrogens with one attached hydrogen (secondary N) is 1. The Kier molecular flexibility index (Phi) is 5.20. The van der Waals surface area contributed by atoms with Gasteiger partial charge < -0.3 is 9.47 Å². The number of sulfonamides is 1. The molecule has 0 radical (unpaired) electrons. The van der Waals surface area contributed by atoms with Crippen molar-refractivity contribution in [1.29, 1.82) is 0 Å². The van der Waals surface area contributed by atoms with E-state index in [2.05, 4.69) is 4.72 Å². The number of methoxy groups -OCH3 is 2. The lowest BCUT2D eigenvalue weighted by Crippen LogP contribution is -2.27. The van der Waals surface area contributed by atoms with Crippen LogP contribution in [0.5, 0.6) is 5.75 Å². The Morgan fingerprint density at radius 3 is 2.65 bits per heavy atom. The van der Waals surface area contributed by atoms with Gasteiger partial charge in [0.05, 0.1) is 13.7 Å². The van der Waals surface area contributed by atoms with Crippen molar-refractivity contribution in [2.45, 2.75) is 4.90 Å². The summed E-state index contributed by atoms with van der Waals surface area (Å²) in [7, 11) is -0.743. The Morgan fingerprint density at radius 2 is 2.06 bits per heavy atom. The molecule has 0 fully saturated rings. The molecule has 0 unspecified atom stereocenters. The molecule has 7 heteroatoms. The summed E-state index contributed by atoms with van der Waals surface area (Å²) in [5.41, 5.74) is 0. The Morgan fingerprint density at radius 1 is 1.35 bits per heavy atom. The first kappa shape index (κ1) is 14.2. The van der Waals surface area contributed by atoms with E-state index in [1.807, 2.05) is 0 Å². The van der Waals surface area contributed by atoms with Crippen LogP contribution in [0.4, 0.5) is 0 Å². The van der Waals surface area contributed by atoms with Crippen molar-refractivity contribution >= 4 is 21.6 Å². The van der Waals surface area contributed by atoms with Gasteiger partial charge >= 0.3 is 0 Å². The minimum atomic E-state index is -3.64. The summed E-state index contributed by atoms with van der Waals surface area (Å²) in [4.78, 5) is 0.0172. The van der Waals surface area contributed by atoms with Gasteiger partial charge in [0.1, 0.15) is 10.6 Å². The molecule has 0 saturated heterocycles. The van der Waals surface area contributed by atoms with Crippen molar-refractivity contribution in [3.63, 3.8) is 0 Å². The second-order valence-corrected chi connectivity index (χ2v) is 5.36. The van der Waals surface area contributed by atoms with Crippen LogP contribution in [0.1, 0.15) is 0 Å². The van der Waals surface area contributed by atoms with Crippen LogP contribution in [-0.2, 0) is 14.8 Å². The van der Waals surface area contributed by atoms with Gasteiger partial charge in [-0.2, -0.15) is 0 Å². The largest absolute Gasteiger partial charge is 0.495 e. The fourth-order valence-corrected chi connectivity index (χ4v) is 2.66. The fraction of sp³-hybridized carbons (Fsp3) is 0.400. The predicted molar refractivity (Wildman–Crippen MR) is 65.1 cm³/mol. The van der Waals surface area contributed by atoms with Gasteiger partial charge in [0.2, 0.25) is 10.0 Å². The molecule has 0 aromatic heterocycles. The van der Waals surface area contributed by atoms with Crippen LogP contribution in [0.3, 0.4) is 0 Å². The van der Waals surface area contributed by atoms with Crippen molar-refractivity contribution in [1.82, 2.24) is 4.72 Å². The van der Waals surface area contributed by atoms with E-state index in [1.165, 1.54) is 26.4 Å². The number of ether oxygens (including phenoxy) is 2. The Hall–Kier alpha value is -0.820. The maximum Gasteiger partial charge on any atom is 0.244 e. The first-order chi connectivity index (χ1) is 8.01. The summed E-state index contributed by atoms with van der Waals surface area (Å²) in [6.45, 7) is 0.483. The average molecular weight is 280 g/mol. The third-order valence-corrected chi connectivity index (χ3v) is 3.73. The third-order valence-electron chi connectivity index (χ3n) is 2.01. The van der Waals surface area contributed by atoms with Gasteiger partial charge in [-0.15, -0.1) is 0 Å². The number of hydrogen-bond donors (Lipinski definition) is 1. The highest BCUT2D eigenvalue weighted by atomic mass is 35.5. The monoisotopic (exact) mass is 279 g/mol. The molecule has 0 bridgehead atoms. The standard InChI is InChI=1S/C10H14ClNO4S/c1-15-6-5-12-17(13,14)10-7-8(11)3-4-9(10)16-2/h3-4,7,12H,5-6H2,1-2H3. The summed E-state index contributed by atoms with van der Waals surface area (Å²) >= 11 is 5.77. The van der Waals surface area contributed by atoms with Crippen LogP contribution in [0.25, 0.3) is 0 Å². The van der Waals surface area contributed by atoms with E-state index in [4.69, 9.17) is 21.1 Å². The van der Waals surface area contributed by atoms with Crippen LogP contribution < -0.4 is 9.46 Å². The fourth-order valence-electron chi connectivity index (χ4n) is 1.22. The Labute approximate surface area is 106 Å². The van der Waals surface area contributed by atoms with Crippen molar-refractivity contribution in [3.8, 4) is 5.75 Å². The summed E-state index contributed by atoms with van der Waals surface area (Å²) in [5, 5.41) is 0.331. The molecule has 1 aromatic carbocycles. The molecular formula is C10H14ClNO4S. The van der Waals surface area contributed by atoms with Gasteiger partial charge in [0.25, 0.3) is 0 Å². The van der Waals surface area contributed by atoms with Crippen molar-refractivity contribution in [2.24, 2.45) is 0 Å². The Balaban J connectivity index is 3.00. The quantitative estimate of drug-likeness (QED) is 0.797. The second-order valence-electron chi connectivity index (χ2n) is 3.19. The minimum Gasteiger partial charge on any atom is -0.495 e. The first-order valence-corrected chi connectivity index (χ1v) is 6.69. The molecule has 1 aromatic rings. The molecule has 17 heavy (non-hydrogen) atoms. The lowest BCUT2D eigenvalue weighted by Gasteiger charge is -2.10. The SMILES string of the molecule is COCCNS(=O)(=O)c1cc(Cl)ccc1OC. The van der Waals surface area contributed by atoms with Crippen LogP contribution in [0, 0.1) is 0 Å². The maximum absolute atomic E-state index is 11.9. The van der Waals surface area contributed by atoms with Gasteiger partial charge in [0.15, 0.2) is 0 Å². The summed E-state index contributed by atoms with van der Waals surface area (Å²) in [6.07, 6.45) is 0. The molecule has 5 nitrogen and oxygen atoms in total. The molecule has 0 spiro atoms. The van der Waals surface area contributed by atoms with Crippen LogP contribution in [-0.4, -0.2) is 35.8 Å². The van der Waals surface area contributed by atoms with E-state index in [0.717, 1.165) is 0 Å². The zero-order valence-corrected chi connectivity index (χ0v) is 11.1. The van der Waals surface area contributed by atoms with Crippen LogP contribution in [0.15, 0.2) is 23.1 Å². The topological polar surface area (TPSA) is 64.6 Å². The van der Waals surface area contributed by atoms with Crippen molar-refractivity contribution in [3.05, 3.63) is 23.2 Å². The molecule has 1 N–H and O–H groups in total. The smallest absolute Gasteiger partial charge is 0.244 e. The average Bonchev–Trinajstić information content (AvgIpc) is 2.29. The van der Waals surface area contributed by atoms with Gasteiger partial charge in [-0.1, -0.05) is 11.6 Å².